The number of aromatic nitrogens is 1. The third-order valence-corrected chi connectivity index (χ3v) is 6.63. The summed E-state index contributed by atoms with van der Waals surface area (Å²) in [6.45, 7) is 1.39. The molecular weight excluding hydrogens is 362 g/mol. The van der Waals surface area contributed by atoms with Gasteiger partial charge in [0.05, 0.1) is 23.1 Å². The molecule has 1 saturated heterocycles. The lowest BCUT2D eigenvalue weighted by atomic mass is 10.1. The molecule has 6 heteroatoms. The lowest BCUT2D eigenvalue weighted by Gasteiger charge is -2.22. The second kappa shape index (κ2) is 7.74. The maximum Gasteiger partial charge on any atom is 0.268 e. The Morgan fingerprint density at radius 3 is 2.67 bits per heavy atom. The molecule has 0 aliphatic carbocycles. The maximum absolute atomic E-state index is 12.9. The van der Waals surface area contributed by atoms with Crippen LogP contribution in [0.2, 0.25) is 0 Å². The van der Waals surface area contributed by atoms with Crippen molar-refractivity contribution in [1.82, 2.24) is 3.97 Å². The highest BCUT2D eigenvalue weighted by Gasteiger charge is 2.20. The first-order chi connectivity index (χ1) is 13.2. The molecule has 0 N–H and O–H groups in total. The van der Waals surface area contributed by atoms with E-state index in [0.29, 0.717) is 17.9 Å². The molecule has 1 aromatic heterocycles. The fourth-order valence-electron chi connectivity index (χ4n) is 3.49. The van der Waals surface area contributed by atoms with E-state index >= 15 is 0 Å². The first-order valence-electron chi connectivity index (χ1n) is 9.31. The van der Waals surface area contributed by atoms with Crippen LogP contribution in [-0.4, -0.2) is 31.7 Å². The zero-order valence-corrected chi connectivity index (χ0v) is 15.9. The highest BCUT2D eigenvalue weighted by Crippen LogP contribution is 2.29. The molecule has 0 bridgehead atoms. The van der Waals surface area contributed by atoms with Gasteiger partial charge in [-0.1, -0.05) is 24.3 Å². The Morgan fingerprint density at radius 2 is 1.89 bits per heavy atom. The zero-order chi connectivity index (χ0) is 18.7. The molecule has 142 valence electrons. The average Bonchev–Trinajstić information content (AvgIpc) is 3.15. The highest BCUT2D eigenvalue weighted by molar-refractivity contribution is 7.90. The van der Waals surface area contributed by atoms with Gasteiger partial charge >= 0.3 is 0 Å². The topological polar surface area (TPSA) is 57.5 Å². The van der Waals surface area contributed by atoms with Crippen molar-refractivity contribution in [3.05, 3.63) is 60.8 Å². The first-order valence-corrected chi connectivity index (χ1v) is 10.8. The van der Waals surface area contributed by atoms with Crippen molar-refractivity contribution in [3.63, 3.8) is 0 Å². The number of fused-ring (bicyclic) bond motifs is 1. The van der Waals surface area contributed by atoms with E-state index in [2.05, 4.69) is 0 Å². The fraction of sp³-hybridized carbons (Fsp3) is 0.333. The van der Waals surface area contributed by atoms with E-state index in [-0.39, 0.29) is 11.0 Å². The zero-order valence-electron chi connectivity index (χ0n) is 15.1. The van der Waals surface area contributed by atoms with Crippen molar-refractivity contribution in [3.8, 4) is 5.75 Å². The normalized spacial score (nSPS) is 17.9. The third-order valence-electron chi connectivity index (χ3n) is 4.93. The van der Waals surface area contributed by atoms with E-state index in [1.807, 2.05) is 12.1 Å². The van der Waals surface area contributed by atoms with Crippen LogP contribution in [0.3, 0.4) is 0 Å². The Bertz CT molecular complexity index is 1010. The summed E-state index contributed by atoms with van der Waals surface area (Å²) >= 11 is 0. The molecule has 1 aliphatic heterocycles. The van der Waals surface area contributed by atoms with Crippen molar-refractivity contribution >= 4 is 20.9 Å². The Morgan fingerprint density at radius 1 is 1.04 bits per heavy atom. The second-order valence-electron chi connectivity index (χ2n) is 6.74. The van der Waals surface area contributed by atoms with Gasteiger partial charge in [0.1, 0.15) is 5.75 Å². The van der Waals surface area contributed by atoms with E-state index in [1.165, 1.54) is 10.4 Å². The van der Waals surface area contributed by atoms with Crippen molar-refractivity contribution in [2.24, 2.45) is 0 Å². The van der Waals surface area contributed by atoms with Gasteiger partial charge in [-0.3, -0.25) is 0 Å². The Kier molecular flexibility index (Phi) is 5.18. The van der Waals surface area contributed by atoms with Crippen LogP contribution in [0.1, 0.15) is 25.7 Å². The van der Waals surface area contributed by atoms with Crippen LogP contribution in [0.15, 0.2) is 65.7 Å². The van der Waals surface area contributed by atoms with Crippen LogP contribution in [-0.2, 0) is 14.8 Å². The van der Waals surface area contributed by atoms with E-state index in [1.54, 1.807) is 48.7 Å². The lowest BCUT2D eigenvalue weighted by Crippen LogP contribution is -2.21. The van der Waals surface area contributed by atoms with Gasteiger partial charge in [0.2, 0.25) is 0 Å². The summed E-state index contributed by atoms with van der Waals surface area (Å²) < 4.78 is 38.9. The molecular formula is C21H23NO4S. The minimum Gasteiger partial charge on any atom is -0.493 e. The Balaban J connectivity index is 1.56. The van der Waals surface area contributed by atoms with E-state index < -0.39 is 10.0 Å². The number of benzene rings is 2. The average molecular weight is 385 g/mol. The number of nitrogens with zero attached hydrogens (tertiary/aromatic N) is 1. The predicted molar refractivity (Wildman–Crippen MR) is 105 cm³/mol. The number of hydrogen-bond donors (Lipinski definition) is 0. The van der Waals surface area contributed by atoms with Crippen LogP contribution in [0.4, 0.5) is 0 Å². The molecule has 5 nitrogen and oxygen atoms in total. The van der Waals surface area contributed by atoms with Gasteiger partial charge in [0.25, 0.3) is 10.0 Å². The molecule has 1 aliphatic rings. The summed E-state index contributed by atoms with van der Waals surface area (Å²) in [5.74, 6) is 0.699. The summed E-state index contributed by atoms with van der Waals surface area (Å²) in [6.07, 6.45) is 6.13. The van der Waals surface area contributed by atoms with Gasteiger partial charge in [0.15, 0.2) is 0 Å². The summed E-state index contributed by atoms with van der Waals surface area (Å²) in [4.78, 5) is 0.267. The largest absolute Gasteiger partial charge is 0.493 e. The molecule has 27 heavy (non-hydrogen) atoms. The Hall–Kier alpha value is -2.31. The van der Waals surface area contributed by atoms with Crippen LogP contribution in [0.25, 0.3) is 10.9 Å². The molecule has 1 atom stereocenters. The molecule has 1 unspecified atom stereocenters. The molecule has 0 saturated carbocycles. The predicted octanol–water partition coefficient (Wildman–Crippen LogP) is 4.22. The van der Waals surface area contributed by atoms with Crippen molar-refractivity contribution in [1.29, 1.82) is 0 Å². The lowest BCUT2D eigenvalue weighted by molar-refractivity contribution is 0.00414. The third kappa shape index (κ3) is 3.73. The van der Waals surface area contributed by atoms with Gasteiger partial charge in [0, 0.05) is 24.6 Å². The van der Waals surface area contributed by atoms with E-state index in [4.69, 9.17) is 9.47 Å². The van der Waals surface area contributed by atoms with E-state index in [9.17, 15) is 8.42 Å². The molecule has 0 radical (unpaired) electrons. The smallest absolute Gasteiger partial charge is 0.268 e. The monoisotopic (exact) mass is 385 g/mol. The van der Waals surface area contributed by atoms with Gasteiger partial charge < -0.3 is 9.47 Å². The molecule has 0 amide bonds. The minimum absolute atomic E-state index is 0.265. The van der Waals surface area contributed by atoms with Crippen LogP contribution < -0.4 is 4.74 Å². The summed E-state index contributed by atoms with van der Waals surface area (Å²) in [6, 6.07) is 15.7. The molecule has 2 heterocycles. The molecule has 0 spiro atoms. The SMILES string of the molecule is O=S(=O)(c1ccccc1)n1ccc2c(OCCC3CCCCO3)cccc21. The maximum atomic E-state index is 12.9. The van der Waals surface area contributed by atoms with Crippen molar-refractivity contribution in [2.75, 3.05) is 13.2 Å². The van der Waals surface area contributed by atoms with Crippen molar-refractivity contribution in [2.45, 2.75) is 36.7 Å². The fourth-order valence-corrected chi connectivity index (χ4v) is 4.86. The van der Waals surface area contributed by atoms with Crippen molar-refractivity contribution < 1.29 is 17.9 Å². The second-order valence-corrected chi connectivity index (χ2v) is 8.56. The summed E-state index contributed by atoms with van der Waals surface area (Å²) in [5.41, 5.74) is 0.616. The van der Waals surface area contributed by atoms with Crippen LogP contribution in [0.5, 0.6) is 5.75 Å². The summed E-state index contributed by atoms with van der Waals surface area (Å²) in [7, 11) is -3.64. The van der Waals surface area contributed by atoms with Crippen LogP contribution >= 0.6 is 0 Å². The minimum atomic E-state index is -3.64. The van der Waals surface area contributed by atoms with Crippen LogP contribution in [0, 0.1) is 0 Å². The van der Waals surface area contributed by atoms with Gasteiger partial charge in [-0.05, 0) is 49.6 Å². The quantitative estimate of drug-likeness (QED) is 0.638. The van der Waals surface area contributed by atoms with Gasteiger partial charge in [-0.15, -0.1) is 0 Å². The first kappa shape index (κ1) is 18.1. The molecule has 4 rings (SSSR count). The number of hydrogen-bond acceptors (Lipinski definition) is 4. The summed E-state index contributed by atoms with van der Waals surface area (Å²) in [5, 5.41) is 0.793. The molecule has 2 aromatic carbocycles. The number of rotatable bonds is 6. The van der Waals surface area contributed by atoms with Gasteiger partial charge in [-0.25, -0.2) is 12.4 Å². The van der Waals surface area contributed by atoms with E-state index in [0.717, 1.165) is 31.3 Å². The van der Waals surface area contributed by atoms with Gasteiger partial charge in [-0.2, -0.15) is 0 Å². The Labute approximate surface area is 159 Å². The molecule has 3 aromatic rings. The highest BCUT2D eigenvalue weighted by atomic mass is 32.2. The molecule has 1 fully saturated rings. The number of ether oxygens (including phenoxy) is 2. The standard InChI is InChI=1S/C21H23NO4S/c23-27(24,18-8-2-1-3-9-18)22-14-12-19-20(22)10-6-11-21(19)26-16-13-17-7-4-5-15-25-17/h1-3,6,8-12,14,17H,4-5,7,13,15-16H2.